The summed E-state index contributed by atoms with van der Waals surface area (Å²) in [7, 11) is 0. The lowest BCUT2D eigenvalue weighted by molar-refractivity contribution is 0.529. The molecule has 2 N–H and O–H groups in total. The minimum absolute atomic E-state index is 0.156. The second-order valence-corrected chi connectivity index (χ2v) is 5.20. The molecule has 0 bridgehead atoms. The summed E-state index contributed by atoms with van der Waals surface area (Å²) in [5.74, 6) is 0.545. The van der Waals surface area contributed by atoms with Gasteiger partial charge in [0.25, 0.3) is 0 Å². The van der Waals surface area contributed by atoms with E-state index in [0.29, 0.717) is 5.92 Å². The summed E-state index contributed by atoms with van der Waals surface area (Å²) in [6, 6.07) is 4.95. The summed E-state index contributed by atoms with van der Waals surface area (Å²) in [4.78, 5) is 0. The summed E-state index contributed by atoms with van der Waals surface area (Å²) in [6.07, 6.45) is 1.10. The molecule has 1 aromatic rings. The molecule has 18 heavy (non-hydrogen) atoms. The van der Waals surface area contributed by atoms with Crippen molar-refractivity contribution in [2.75, 3.05) is 19.6 Å². The minimum Gasteiger partial charge on any atom is -0.316 e. The van der Waals surface area contributed by atoms with Crippen LogP contribution in [-0.4, -0.2) is 19.6 Å². The van der Waals surface area contributed by atoms with Gasteiger partial charge in [0.1, 0.15) is 5.82 Å². The number of rotatable bonds is 8. The fourth-order valence-electron chi connectivity index (χ4n) is 1.78. The average Bonchev–Trinajstić information content (AvgIpc) is 2.32. The van der Waals surface area contributed by atoms with Gasteiger partial charge in [-0.3, -0.25) is 0 Å². The van der Waals surface area contributed by atoms with Crippen molar-refractivity contribution in [3.05, 3.63) is 35.1 Å². The highest BCUT2D eigenvalue weighted by molar-refractivity contribution is 5.26. The van der Waals surface area contributed by atoms with Crippen molar-refractivity contribution in [2.45, 2.75) is 33.7 Å². The molecule has 0 saturated carbocycles. The zero-order valence-corrected chi connectivity index (χ0v) is 11.7. The SMILES string of the molecule is Cc1ccc(F)cc1CNCCCNCC(C)C. The topological polar surface area (TPSA) is 24.1 Å². The first kappa shape index (κ1) is 15.1. The third-order valence-electron chi connectivity index (χ3n) is 2.89. The van der Waals surface area contributed by atoms with E-state index in [1.807, 2.05) is 13.0 Å². The highest BCUT2D eigenvalue weighted by Crippen LogP contribution is 2.09. The molecule has 0 amide bonds. The van der Waals surface area contributed by atoms with Gasteiger partial charge >= 0.3 is 0 Å². The average molecular weight is 252 g/mol. The van der Waals surface area contributed by atoms with Crippen LogP contribution >= 0.6 is 0 Å². The Balaban J connectivity index is 2.12. The normalized spacial score (nSPS) is 11.2. The molecule has 3 heteroatoms. The summed E-state index contributed by atoms with van der Waals surface area (Å²) in [5.41, 5.74) is 2.19. The van der Waals surface area contributed by atoms with Crippen molar-refractivity contribution < 1.29 is 4.39 Å². The van der Waals surface area contributed by atoms with E-state index < -0.39 is 0 Å². The van der Waals surface area contributed by atoms with Crippen LogP contribution < -0.4 is 10.6 Å². The van der Waals surface area contributed by atoms with Gasteiger partial charge in [-0.05, 0) is 62.2 Å². The molecule has 0 heterocycles. The first-order valence-corrected chi connectivity index (χ1v) is 6.76. The molecule has 0 aromatic heterocycles. The Hall–Kier alpha value is -0.930. The minimum atomic E-state index is -0.156. The van der Waals surface area contributed by atoms with Crippen LogP contribution in [0, 0.1) is 18.7 Å². The maximum atomic E-state index is 13.1. The number of nitrogens with one attached hydrogen (secondary N) is 2. The number of aryl methyl sites for hydroxylation is 1. The maximum Gasteiger partial charge on any atom is 0.123 e. The van der Waals surface area contributed by atoms with Gasteiger partial charge in [-0.25, -0.2) is 4.39 Å². The van der Waals surface area contributed by atoms with Crippen molar-refractivity contribution in [1.29, 1.82) is 0 Å². The van der Waals surface area contributed by atoms with Crippen LogP contribution in [-0.2, 0) is 6.54 Å². The van der Waals surface area contributed by atoms with E-state index in [-0.39, 0.29) is 5.82 Å². The van der Waals surface area contributed by atoms with Gasteiger partial charge < -0.3 is 10.6 Å². The van der Waals surface area contributed by atoms with E-state index in [0.717, 1.165) is 43.7 Å². The lowest BCUT2D eigenvalue weighted by atomic mass is 10.1. The van der Waals surface area contributed by atoms with Gasteiger partial charge in [0.15, 0.2) is 0 Å². The van der Waals surface area contributed by atoms with E-state index in [1.165, 1.54) is 6.07 Å². The van der Waals surface area contributed by atoms with Crippen molar-refractivity contribution >= 4 is 0 Å². The third kappa shape index (κ3) is 6.12. The van der Waals surface area contributed by atoms with Crippen LogP contribution in [0.2, 0.25) is 0 Å². The maximum absolute atomic E-state index is 13.1. The zero-order chi connectivity index (χ0) is 13.4. The summed E-state index contributed by atoms with van der Waals surface area (Å²) in [5, 5.41) is 6.76. The first-order valence-electron chi connectivity index (χ1n) is 6.76. The van der Waals surface area contributed by atoms with Crippen LogP contribution in [0.25, 0.3) is 0 Å². The van der Waals surface area contributed by atoms with Gasteiger partial charge in [-0.1, -0.05) is 19.9 Å². The van der Waals surface area contributed by atoms with Crippen LogP contribution in [0.3, 0.4) is 0 Å². The van der Waals surface area contributed by atoms with Gasteiger partial charge in [-0.2, -0.15) is 0 Å². The number of halogens is 1. The van der Waals surface area contributed by atoms with E-state index in [1.54, 1.807) is 6.07 Å². The highest BCUT2D eigenvalue weighted by atomic mass is 19.1. The molecule has 0 spiro atoms. The Morgan fingerprint density at radius 2 is 1.89 bits per heavy atom. The Labute approximate surface area is 110 Å². The molecule has 0 radical (unpaired) electrons. The monoisotopic (exact) mass is 252 g/mol. The molecule has 1 rings (SSSR count). The quantitative estimate of drug-likeness (QED) is 0.695. The van der Waals surface area contributed by atoms with Crippen molar-refractivity contribution in [3.63, 3.8) is 0 Å². The van der Waals surface area contributed by atoms with Crippen LogP contribution in [0.15, 0.2) is 18.2 Å². The number of hydrogen-bond donors (Lipinski definition) is 2. The smallest absolute Gasteiger partial charge is 0.123 e. The molecule has 0 aliphatic carbocycles. The van der Waals surface area contributed by atoms with E-state index in [4.69, 9.17) is 0 Å². The fraction of sp³-hybridized carbons (Fsp3) is 0.600. The van der Waals surface area contributed by atoms with Crippen molar-refractivity contribution in [3.8, 4) is 0 Å². The van der Waals surface area contributed by atoms with E-state index in [2.05, 4.69) is 24.5 Å². The molecule has 0 atom stereocenters. The standard InChI is InChI=1S/C15H25FN2/c1-12(2)10-17-7-4-8-18-11-14-9-15(16)6-5-13(14)3/h5-6,9,12,17-18H,4,7-8,10-11H2,1-3H3. The molecule has 2 nitrogen and oxygen atoms in total. The summed E-state index contributed by atoms with van der Waals surface area (Å²) < 4.78 is 13.1. The fourth-order valence-corrected chi connectivity index (χ4v) is 1.78. The zero-order valence-electron chi connectivity index (χ0n) is 11.7. The Bertz CT molecular complexity index is 350. The highest BCUT2D eigenvalue weighted by Gasteiger charge is 1.99. The molecule has 0 saturated heterocycles. The van der Waals surface area contributed by atoms with E-state index >= 15 is 0 Å². The molecular formula is C15H25FN2. The second-order valence-electron chi connectivity index (χ2n) is 5.20. The third-order valence-corrected chi connectivity index (χ3v) is 2.89. The largest absolute Gasteiger partial charge is 0.316 e. The molecule has 0 unspecified atom stereocenters. The van der Waals surface area contributed by atoms with Crippen molar-refractivity contribution in [2.24, 2.45) is 5.92 Å². The van der Waals surface area contributed by atoms with Gasteiger partial charge in [0.05, 0.1) is 0 Å². The van der Waals surface area contributed by atoms with Crippen LogP contribution in [0.5, 0.6) is 0 Å². The van der Waals surface area contributed by atoms with Gasteiger partial charge in [0.2, 0.25) is 0 Å². The van der Waals surface area contributed by atoms with Crippen LogP contribution in [0.4, 0.5) is 4.39 Å². The van der Waals surface area contributed by atoms with Gasteiger partial charge in [-0.15, -0.1) is 0 Å². The predicted octanol–water partition coefficient (Wildman–Crippen LogP) is 2.86. The summed E-state index contributed by atoms with van der Waals surface area (Å²) >= 11 is 0. The second kappa shape index (κ2) is 8.22. The summed E-state index contributed by atoms with van der Waals surface area (Å²) in [6.45, 7) is 10.2. The van der Waals surface area contributed by atoms with E-state index in [9.17, 15) is 4.39 Å². The number of benzene rings is 1. The van der Waals surface area contributed by atoms with Crippen molar-refractivity contribution in [1.82, 2.24) is 10.6 Å². The predicted molar refractivity (Wildman–Crippen MR) is 75.2 cm³/mol. The number of hydrogen-bond acceptors (Lipinski definition) is 2. The molecule has 1 aromatic carbocycles. The molecule has 0 aliphatic rings. The molecule has 0 aliphatic heterocycles. The van der Waals surface area contributed by atoms with Crippen LogP contribution in [0.1, 0.15) is 31.4 Å². The Morgan fingerprint density at radius 1 is 1.17 bits per heavy atom. The van der Waals surface area contributed by atoms with Gasteiger partial charge in [0, 0.05) is 6.54 Å². The first-order chi connectivity index (χ1) is 8.59. The Morgan fingerprint density at radius 3 is 2.61 bits per heavy atom. The lowest BCUT2D eigenvalue weighted by Gasteiger charge is -2.09. The lowest BCUT2D eigenvalue weighted by Crippen LogP contribution is -2.24. The Kier molecular flexibility index (Phi) is 6.91. The molecule has 0 fully saturated rings. The molecular weight excluding hydrogens is 227 g/mol. The molecule has 102 valence electrons.